The Balaban J connectivity index is 1.40. The molecule has 1 aromatic heterocycles. The first-order chi connectivity index (χ1) is 15.1. The van der Waals surface area contributed by atoms with Crippen LogP contribution in [0.25, 0.3) is 22.2 Å². The third kappa shape index (κ3) is 3.99. The molecule has 5 rings (SSSR count). The summed E-state index contributed by atoms with van der Waals surface area (Å²) in [7, 11) is 0. The molecular weight excluding hydrogens is 417 g/mol. The maximum Gasteiger partial charge on any atom is 0.322 e. The van der Waals surface area contributed by atoms with Crippen LogP contribution < -0.4 is 5.32 Å². The lowest BCUT2D eigenvalue weighted by atomic mass is 10.1. The van der Waals surface area contributed by atoms with Crippen LogP contribution >= 0.6 is 11.6 Å². The molecule has 1 fully saturated rings. The molecule has 4 aromatic rings. The molecule has 2 heterocycles. The summed E-state index contributed by atoms with van der Waals surface area (Å²) in [4.78, 5) is 19.3. The Kier molecular flexibility index (Phi) is 5.08. The van der Waals surface area contributed by atoms with Gasteiger partial charge in [-0.3, -0.25) is 0 Å². The molecule has 0 aliphatic carbocycles. The predicted octanol–water partition coefficient (Wildman–Crippen LogP) is 6.66. The second-order valence-corrected chi connectivity index (χ2v) is 7.97. The fourth-order valence-corrected chi connectivity index (χ4v) is 4.15. The molecule has 1 unspecified atom stereocenters. The van der Waals surface area contributed by atoms with Gasteiger partial charge in [0.25, 0.3) is 0 Å². The van der Waals surface area contributed by atoms with E-state index in [1.807, 2.05) is 24.3 Å². The molecule has 5 nitrogen and oxygen atoms in total. The Morgan fingerprint density at radius 1 is 1.10 bits per heavy atom. The number of urea groups is 1. The number of aromatic nitrogens is 1. The summed E-state index contributed by atoms with van der Waals surface area (Å²) in [5.74, 6) is 0.218. The summed E-state index contributed by atoms with van der Waals surface area (Å²) < 4.78 is 19.6. The number of carbonyl (C=O) groups is 1. The van der Waals surface area contributed by atoms with Gasteiger partial charge in [-0.25, -0.2) is 14.2 Å². The van der Waals surface area contributed by atoms with E-state index in [-0.39, 0.29) is 17.9 Å². The van der Waals surface area contributed by atoms with Crippen LogP contribution in [0, 0.1) is 5.82 Å². The number of likely N-dealkylation sites (tertiary alicyclic amines) is 1. The van der Waals surface area contributed by atoms with E-state index < -0.39 is 0 Å². The van der Waals surface area contributed by atoms with E-state index >= 15 is 0 Å². The first kappa shape index (κ1) is 19.6. The highest BCUT2D eigenvalue weighted by atomic mass is 35.5. The lowest BCUT2D eigenvalue weighted by Crippen LogP contribution is -2.34. The van der Waals surface area contributed by atoms with Gasteiger partial charge < -0.3 is 14.6 Å². The number of hydrogen-bond donors (Lipinski definition) is 1. The van der Waals surface area contributed by atoms with E-state index in [9.17, 15) is 9.18 Å². The SMILES string of the molecule is O=C(Nc1cccc(Cl)c1)N1CCCC1c1nc2cc(-c3cccc(F)c3)ccc2o1. The van der Waals surface area contributed by atoms with Crippen molar-refractivity contribution >= 4 is 34.4 Å². The molecule has 3 aromatic carbocycles. The van der Waals surface area contributed by atoms with Gasteiger partial charge in [0.15, 0.2) is 5.58 Å². The number of oxazole rings is 1. The van der Waals surface area contributed by atoms with Crippen LogP contribution in [0.1, 0.15) is 24.8 Å². The Bertz CT molecular complexity index is 1270. The van der Waals surface area contributed by atoms with Gasteiger partial charge in [-0.15, -0.1) is 0 Å². The minimum atomic E-state index is -0.286. The summed E-state index contributed by atoms with van der Waals surface area (Å²) in [6.45, 7) is 0.615. The number of fused-ring (bicyclic) bond motifs is 1. The molecule has 156 valence electrons. The van der Waals surface area contributed by atoms with E-state index in [1.165, 1.54) is 12.1 Å². The van der Waals surface area contributed by atoms with Gasteiger partial charge in [0.05, 0.1) is 0 Å². The van der Waals surface area contributed by atoms with Gasteiger partial charge in [-0.1, -0.05) is 35.9 Å². The minimum Gasteiger partial charge on any atom is -0.438 e. The fourth-order valence-electron chi connectivity index (χ4n) is 3.96. The Hall–Kier alpha value is -3.38. The molecular formula is C24H19ClFN3O2. The van der Waals surface area contributed by atoms with Crippen LogP contribution in [0.15, 0.2) is 71.1 Å². The van der Waals surface area contributed by atoms with Gasteiger partial charge >= 0.3 is 6.03 Å². The Morgan fingerprint density at radius 2 is 1.94 bits per heavy atom. The van der Waals surface area contributed by atoms with Gasteiger partial charge in [0.1, 0.15) is 17.4 Å². The normalized spacial score (nSPS) is 16.1. The standard InChI is InChI=1S/C24H19ClFN3O2/c25-17-5-2-7-19(14-17)27-24(30)29-11-3-8-21(29)23-28-20-13-16(9-10-22(20)31-23)15-4-1-6-18(26)12-15/h1-2,4-7,9-10,12-14,21H,3,8,11H2,(H,27,30). The number of benzene rings is 3. The molecule has 1 aliphatic rings. The van der Waals surface area contributed by atoms with Crippen LogP contribution in [0.3, 0.4) is 0 Å². The van der Waals surface area contributed by atoms with Crippen molar-refractivity contribution in [3.8, 4) is 11.1 Å². The molecule has 0 saturated carbocycles. The highest BCUT2D eigenvalue weighted by Crippen LogP contribution is 2.35. The highest BCUT2D eigenvalue weighted by molar-refractivity contribution is 6.30. The van der Waals surface area contributed by atoms with Crippen molar-refractivity contribution in [2.24, 2.45) is 0 Å². The molecule has 0 radical (unpaired) electrons. The van der Waals surface area contributed by atoms with Crippen LogP contribution in [0.5, 0.6) is 0 Å². The van der Waals surface area contributed by atoms with Crippen molar-refractivity contribution < 1.29 is 13.6 Å². The Labute approximate surface area is 183 Å². The number of anilines is 1. The number of nitrogens with zero attached hydrogens (tertiary/aromatic N) is 2. The van der Waals surface area contributed by atoms with Crippen molar-refractivity contribution in [2.75, 3.05) is 11.9 Å². The molecule has 1 aliphatic heterocycles. The number of hydrogen-bond acceptors (Lipinski definition) is 3. The lowest BCUT2D eigenvalue weighted by molar-refractivity contribution is 0.199. The number of nitrogens with one attached hydrogen (secondary N) is 1. The molecule has 0 bridgehead atoms. The first-order valence-electron chi connectivity index (χ1n) is 10.1. The fraction of sp³-hybridized carbons (Fsp3) is 0.167. The maximum absolute atomic E-state index is 13.6. The molecule has 1 atom stereocenters. The van der Waals surface area contributed by atoms with Crippen molar-refractivity contribution in [1.82, 2.24) is 9.88 Å². The summed E-state index contributed by atoms with van der Waals surface area (Å²) in [5, 5.41) is 3.45. The quantitative estimate of drug-likeness (QED) is 0.391. The van der Waals surface area contributed by atoms with Gasteiger partial charge in [0, 0.05) is 17.3 Å². The van der Waals surface area contributed by atoms with Crippen LogP contribution in [0.2, 0.25) is 5.02 Å². The van der Waals surface area contributed by atoms with Crippen molar-refractivity contribution in [1.29, 1.82) is 0 Å². The zero-order chi connectivity index (χ0) is 21.4. The molecule has 1 N–H and O–H groups in total. The first-order valence-corrected chi connectivity index (χ1v) is 10.4. The summed E-state index contributed by atoms with van der Waals surface area (Å²) in [6, 6.07) is 18.6. The van der Waals surface area contributed by atoms with Crippen LogP contribution in [-0.2, 0) is 0 Å². The lowest BCUT2D eigenvalue weighted by Gasteiger charge is -2.22. The molecule has 7 heteroatoms. The number of amides is 2. The molecule has 2 amide bonds. The zero-order valence-electron chi connectivity index (χ0n) is 16.5. The molecule has 0 spiro atoms. The highest BCUT2D eigenvalue weighted by Gasteiger charge is 2.33. The second-order valence-electron chi connectivity index (χ2n) is 7.54. The maximum atomic E-state index is 13.6. The van der Waals surface area contributed by atoms with Crippen molar-refractivity contribution in [3.63, 3.8) is 0 Å². The van der Waals surface area contributed by atoms with E-state index in [1.54, 1.807) is 35.2 Å². The number of rotatable bonds is 3. The number of halogens is 2. The van der Waals surface area contributed by atoms with Gasteiger partial charge in [0.2, 0.25) is 5.89 Å². The topological polar surface area (TPSA) is 58.4 Å². The van der Waals surface area contributed by atoms with E-state index in [0.717, 1.165) is 24.0 Å². The van der Waals surface area contributed by atoms with E-state index in [2.05, 4.69) is 10.3 Å². The third-order valence-electron chi connectivity index (χ3n) is 5.44. The predicted molar refractivity (Wildman–Crippen MR) is 119 cm³/mol. The van der Waals surface area contributed by atoms with Crippen LogP contribution in [0.4, 0.5) is 14.9 Å². The Morgan fingerprint density at radius 3 is 2.77 bits per heavy atom. The van der Waals surface area contributed by atoms with Crippen molar-refractivity contribution in [2.45, 2.75) is 18.9 Å². The summed E-state index contributed by atoms with van der Waals surface area (Å²) in [5.41, 5.74) is 3.58. The average molecular weight is 436 g/mol. The number of carbonyl (C=O) groups excluding carboxylic acids is 1. The summed E-state index contributed by atoms with van der Waals surface area (Å²) in [6.07, 6.45) is 1.63. The summed E-state index contributed by atoms with van der Waals surface area (Å²) >= 11 is 6.01. The zero-order valence-corrected chi connectivity index (χ0v) is 17.3. The van der Waals surface area contributed by atoms with Crippen LogP contribution in [-0.4, -0.2) is 22.5 Å². The smallest absolute Gasteiger partial charge is 0.322 e. The van der Waals surface area contributed by atoms with E-state index in [0.29, 0.717) is 34.2 Å². The third-order valence-corrected chi connectivity index (χ3v) is 5.67. The van der Waals surface area contributed by atoms with Gasteiger partial charge in [-0.05, 0) is 66.4 Å². The minimum absolute atomic E-state index is 0.215. The largest absolute Gasteiger partial charge is 0.438 e. The van der Waals surface area contributed by atoms with Gasteiger partial charge in [-0.2, -0.15) is 0 Å². The monoisotopic (exact) mass is 435 g/mol. The molecule has 31 heavy (non-hydrogen) atoms. The average Bonchev–Trinajstić information content (AvgIpc) is 3.40. The second kappa shape index (κ2) is 8.04. The molecule has 1 saturated heterocycles. The van der Waals surface area contributed by atoms with E-state index in [4.69, 9.17) is 16.0 Å². The van der Waals surface area contributed by atoms with Crippen molar-refractivity contribution in [3.05, 3.63) is 83.5 Å².